The molecule has 1 fully saturated rings. The number of esters is 1. The Labute approximate surface area is 207 Å². The topological polar surface area (TPSA) is 94.2 Å². The minimum absolute atomic E-state index is 0.379. The zero-order chi connectivity index (χ0) is 25.7. The molecular weight excluding hydrogens is 460 g/mol. The van der Waals surface area contributed by atoms with Crippen LogP contribution in [0.15, 0.2) is 24.3 Å². The van der Waals surface area contributed by atoms with Crippen molar-refractivity contribution in [3.8, 4) is 0 Å². The summed E-state index contributed by atoms with van der Waals surface area (Å²) in [5.41, 5.74) is -1.16. The molecule has 1 atom stereocenters. The molecule has 0 aliphatic carbocycles. The molecule has 2 amide bonds. The quantitative estimate of drug-likeness (QED) is 0.449. The van der Waals surface area contributed by atoms with E-state index in [4.69, 9.17) is 25.8 Å². The predicted molar refractivity (Wildman–Crippen MR) is 130 cm³/mol. The summed E-state index contributed by atoms with van der Waals surface area (Å²) >= 11 is 6.02. The summed E-state index contributed by atoms with van der Waals surface area (Å²) in [6, 6.07) is 6.45. The van der Waals surface area contributed by atoms with Crippen molar-refractivity contribution in [1.29, 1.82) is 0 Å². The molecule has 1 aliphatic heterocycles. The number of rotatable bonds is 5. The number of ether oxygens (including phenoxy) is 3. The second-order valence-electron chi connectivity index (χ2n) is 10.7. The van der Waals surface area contributed by atoms with Gasteiger partial charge < -0.3 is 24.4 Å². The third-order valence-corrected chi connectivity index (χ3v) is 5.42. The van der Waals surface area contributed by atoms with Gasteiger partial charge in [-0.1, -0.05) is 23.7 Å². The molecule has 1 heterocycles. The SMILES string of the molecule is CC(NC(=O)OC(C)(C)C)C(=O)OC1(Cc2ccc(Cl)cc2)CCN(C(=O)OC(C)(C)C)CC1. The van der Waals surface area contributed by atoms with E-state index < -0.39 is 34.9 Å². The molecule has 0 spiro atoms. The Hall–Kier alpha value is -2.48. The van der Waals surface area contributed by atoms with E-state index in [1.807, 2.05) is 32.9 Å². The Morgan fingerprint density at radius 3 is 2.03 bits per heavy atom. The lowest BCUT2D eigenvalue weighted by Gasteiger charge is -2.42. The molecule has 190 valence electrons. The van der Waals surface area contributed by atoms with Gasteiger partial charge in [0.05, 0.1) is 0 Å². The Kier molecular flexibility index (Phi) is 8.86. The number of carbonyl (C=O) groups is 3. The lowest BCUT2D eigenvalue weighted by atomic mass is 9.85. The smallest absolute Gasteiger partial charge is 0.410 e. The summed E-state index contributed by atoms with van der Waals surface area (Å²) in [5, 5.41) is 3.14. The van der Waals surface area contributed by atoms with Crippen molar-refractivity contribution in [2.45, 2.75) is 90.6 Å². The molecular formula is C25H37ClN2O6. The van der Waals surface area contributed by atoms with E-state index in [1.165, 1.54) is 0 Å². The maximum atomic E-state index is 12.9. The highest BCUT2D eigenvalue weighted by Gasteiger charge is 2.41. The van der Waals surface area contributed by atoms with Gasteiger partial charge in [-0.3, -0.25) is 0 Å². The Morgan fingerprint density at radius 1 is 1.00 bits per heavy atom. The molecule has 0 radical (unpaired) electrons. The number of nitrogens with one attached hydrogen (secondary N) is 1. The van der Waals surface area contributed by atoms with Gasteiger partial charge in [-0.05, 0) is 66.2 Å². The summed E-state index contributed by atoms with van der Waals surface area (Å²) < 4.78 is 16.7. The van der Waals surface area contributed by atoms with Gasteiger partial charge in [0.25, 0.3) is 0 Å². The van der Waals surface area contributed by atoms with Crippen LogP contribution in [0.5, 0.6) is 0 Å². The number of likely N-dealkylation sites (tertiary alicyclic amines) is 1. The van der Waals surface area contributed by atoms with E-state index in [9.17, 15) is 14.4 Å². The van der Waals surface area contributed by atoms with Crippen molar-refractivity contribution in [3.63, 3.8) is 0 Å². The van der Waals surface area contributed by atoms with Gasteiger partial charge in [-0.25, -0.2) is 14.4 Å². The fourth-order valence-corrected chi connectivity index (χ4v) is 3.68. The lowest BCUT2D eigenvalue weighted by molar-refractivity contribution is -0.166. The molecule has 2 rings (SSSR count). The Morgan fingerprint density at radius 2 is 1.53 bits per heavy atom. The molecule has 34 heavy (non-hydrogen) atoms. The first kappa shape index (κ1) is 27.8. The zero-order valence-electron chi connectivity index (χ0n) is 21.2. The summed E-state index contributed by atoms with van der Waals surface area (Å²) in [4.78, 5) is 39.2. The van der Waals surface area contributed by atoms with E-state index in [1.54, 1.807) is 44.7 Å². The molecule has 1 aliphatic rings. The van der Waals surface area contributed by atoms with Crippen LogP contribution in [0.2, 0.25) is 5.02 Å². The fraction of sp³-hybridized carbons (Fsp3) is 0.640. The van der Waals surface area contributed by atoms with E-state index in [0.717, 1.165) is 5.56 Å². The number of piperidine rings is 1. The second kappa shape index (κ2) is 10.8. The van der Waals surface area contributed by atoms with Crippen molar-refractivity contribution in [3.05, 3.63) is 34.9 Å². The first-order valence-corrected chi connectivity index (χ1v) is 11.9. The maximum absolute atomic E-state index is 12.9. The number of hydrogen-bond acceptors (Lipinski definition) is 6. The fourth-order valence-electron chi connectivity index (χ4n) is 3.56. The predicted octanol–water partition coefficient (Wildman–Crippen LogP) is 5.11. The lowest BCUT2D eigenvalue weighted by Crippen LogP contribution is -2.53. The van der Waals surface area contributed by atoms with Gasteiger partial charge in [-0.15, -0.1) is 0 Å². The molecule has 0 aromatic heterocycles. The van der Waals surface area contributed by atoms with Gasteiger partial charge >= 0.3 is 18.2 Å². The van der Waals surface area contributed by atoms with Crippen molar-refractivity contribution in [1.82, 2.24) is 10.2 Å². The number of hydrogen-bond donors (Lipinski definition) is 1. The number of amides is 2. The molecule has 9 heteroatoms. The number of halogens is 1. The zero-order valence-corrected chi connectivity index (χ0v) is 22.0. The molecule has 8 nitrogen and oxygen atoms in total. The van der Waals surface area contributed by atoms with Crippen molar-refractivity contribution in [2.24, 2.45) is 0 Å². The third kappa shape index (κ3) is 9.05. The monoisotopic (exact) mass is 496 g/mol. The van der Waals surface area contributed by atoms with E-state index in [0.29, 0.717) is 37.4 Å². The van der Waals surface area contributed by atoms with Crippen molar-refractivity contribution < 1.29 is 28.6 Å². The molecule has 1 saturated heterocycles. The minimum atomic E-state index is -0.902. The van der Waals surface area contributed by atoms with Gasteiger partial charge in [0.1, 0.15) is 22.8 Å². The first-order chi connectivity index (χ1) is 15.6. The molecule has 1 N–H and O–H groups in total. The summed E-state index contributed by atoms with van der Waals surface area (Å²) in [6.07, 6.45) is 0.235. The largest absolute Gasteiger partial charge is 0.457 e. The molecule has 1 aromatic rings. The highest BCUT2D eigenvalue weighted by atomic mass is 35.5. The average molecular weight is 497 g/mol. The summed E-state index contributed by atoms with van der Waals surface area (Å²) in [5.74, 6) is -0.564. The molecule has 1 aromatic carbocycles. The standard InChI is InChI=1S/C25H37ClN2O6/c1-17(27-21(30)33-23(2,3)4)20(29)32-25(16-18-8-10-19(26)11-9-18)12-14-28(15-13-25)22(31)34-24(5,6)7/h8-11,17H,12-16H2,1-7H3,(H,27,30). The summed E-state index contributed by atoms with van der Waals surface area (Å²) in [7, 11) is 0. The first-order valence-electron chi connectivity index (χ1n) is 11.5. The normalized spacial score (nSPS) is 16.9. The van der Waals surface area contributed by atoms with Crippen molar-refractivity contribution in [2.75, 3.05) is 13.1 Å². The number of carbonyl (C=O) groups excluding carboxylic acids is 3. The molecule has 0 saturated carbocycles. The van der Waals surface area contributed by atoms with Crippen LogP contribution in [-0.2, 0) is 25.4 Å². The maximum Gasteiger partial charge on any atom is 0.410 e. The highest BCUT2D eigenvalue weighted by molar-refractivity contribution is 6.30. The van der Waals surface area contributed by atoms with Gasteiger partial charge in [-0.2, -0.15) is 0 Å². The average Bonchev–Trinajstić information content (AvgIpc) is 2.67. The van der Waals surface area contributed by atoms with Gasteiger partial charge in [0.15, 0.2) is 0 Å². The summed E-state index contributed by atoms with van der Waals surface area (Å²) in [6.45, 7) is 13.0. The second-order valence-corrected chi connectivity index (χ2v) is 11.2. The number of alkyl carbamates (subject to hydrolysis) is 1. The van der Waals surface area contributed by atoms with Crippen LogP contribution in [0.25, 0.3) is 0 Å². The Balaban J connectivity index is 2.12. The highest BCUT2D eigenvalue weighted by Crippen LogP contribution is 2.32. The molecule has 0 bridgehead atoms. The Bertz CT molecular complexity index is 865. The van der Waals surface area contributed by atoms with Crippen LogP contribution in [0.3, 0.4) is 0 Å². The van der Waals surface area contributed by atoms with E-state index in [2.05, 4.69) is 5.32 Å². The van der Waals surface area contributed by atoms with E-state index in [-0.39, 0.29) is 6.09 Å². The van der Waals surface area contributed by atoms with Gasteiger partial charge in [0, 0.05) is 37.4 Å². The van der Waals surface area contributed by atoms with Crippen LogP contribution in [0.1, 0.15) is 66.9 Å². The van der Waals surface area contributed by atoms with Crippen molar-refractivity contribution >= 4 is 29.8 Å². The van der Waals surface area contributed by atoms with E-state index >= 15 is 0 Å². The molecule has 1 unspecified atom stereocenters. The number of benzene rings is 1. The van der Waals surface area contributed by atoms with Crippen LogP contribution < -0.4 is 5.32 Å². The third-order valence-electron chi connectivity index (χ3n) is 5.17. The minimum Gasteiger partial charge on any atom is -0.457 e. The van der Waals surface area contributed by atoms with Crippen LogP contribution >= 0.6 is 11.6 Å². The van der Waals surface area contributed by atoms with Crippen LogP contribution in [-0.4, -0.2) is 59.0 Å². The number of nitrogens with zero attached hydrogens (tertiary/aromatic N) is 1. The van der Waals surface area contributed by atoms with Gasteiger partial charge in [0.2, 0.25) is 0 Å². The van der Waals surface area contributed by atoms with Crippen LogP contribution in [0, 0.1) is 0 Å². The van der Waals surface area contributed by atoms with Crippen LogP contribution in [0.4, 0.5) is 9.59 Å².